The fourth-order valence-electron chi connectivity index (χ4n) is 0.628. The Hall–Kier alpha value is -0.710. The van der Waals surface area contributed by atoms with Gasteiger partial charge in [-0.15, -0.1) is 0 Å². The maximum absolute atomic E-state index is 8.43. The lowest BCUT2D eigenvalue weighted by Crippen LogP contribution is -2.17. The number of rotatable bonds is 4. The van der Waals surface area contributed by atoms with E-state index in [-0.39, 0.29) is 0 Å². The van der Waals surface area contributed by atoms with E-state index in [0.717, 1.165) is 25.9 Å². The van der Waals surface area contributed by atoms with Gasteiger partial charge < -0.3 is 4.90 Å². The van der Waals surface area contributed by atoms with E-state index >= 15 is 0 Å². The van der Waals surface area contributed by atoms with Crippen molar-refractivity contribution < 1.29 is 0 Å². The minimum absolute atomic E-state index is 0.844. The zero-order valence-corrected chi connectivity index (χ0v) is 6.22. The van der Waals surface area contributed by atoms with Crippen LogP contribution in [0.15, 0.2) is 0 Å². The molecule has 0 atom stereocenters. The number of unbranched alkanes of at least 4 members (excludes halogenated alkanes) is 1. The summed E-state index contributed by atoms with van der Waals surface area (Å²) in [7, 11) is 0. The molecule has 0 saturated carbocycles. The second-order valence-corrected chi connectivity index (χ2v) is 2.03. The van der Waals surface area contributed by atoms with Crippen LogP contribution in [0.5, 0.6) is 0 Å². The summed E-state index contributed by atoms with van der Waals surface area (Å²) < 4.78 is 0. The molecule has 0 radical (unpaired) electrons. The summed E-state index contributed by atoms with van der Waals surface area (Å²) in [6, 6.07) is 0. The van der Waals surface area contributed by atoms with Crippen molar-refractivity contribution in [1.29, 1.82) is 5.26 Å². The summed E-state index contributed by atoms with van der Waals surface area (Å²) in [6.45, 7) is 5.89. The Kier molecular flexibility index (Phi) is 5.00. The summed E-state index contributed by atoms with van der Waals surface area (Å²) in [5.41, 5.74) is 0. The van der Waals surface area contributed by atoms with Crippen molar-refractivity contribution in [3.8, 4) is 6.19 Å². The molecule has 0 bridgehead atoms. The highest BCUT2D eigenvalue weighted by Crippen LogP contribution is 1.91. The lowest BCUT2D eigenvalue weighted by atomic mass is 10.3. The van der Waals surface area contributed by atoms with Gasteiger partial charge in [0.15, 0.2) is 6.19 Å². The van der Waals surface area contributed by atoms with Gasteiger partial charge in [-0.25, -0.2) is 0 Å². The van der Waals surface area contributed by atoms with Crippen molar-refractivity contribution in [3.05, 3.63) is 0 Å². The Balaban J connectivity index is 3.23. The van der Waals surface area contributed by atoms with Crippen LogP contribution in [0.25, 0.3) is 0 Å². The fourth-order valence-corrected chi connectivity index (χ4v) is 0.628. The second kappa shape index (κ2) is 5.43. The molecule has 2 nitrogen and oxygen atoms in total. The van der Waals surface area contributed by atoms with Gasteiger partial charge in [-0.2, -0.15) is 5.26 Å². The predicted molar refractivity (Wildman–Crippen MR) is 37.8 cm³/mol. The molecule has 9 heavy (non-hydrogen) atoms. The molecule has 0 heterocycles. The van der Waals surface area contributed by atoms with Gasteiger partial charge in [-0.3, -0.25) is 0 Å². The van der Waals surface area contributed by atoms with Gasteiger partial charge in [0.25, 0.3) is 0 Å². The molecule has 0 aromatic rings. The van der Waals surface area contributed by atoms with Crippen LogP contribution in [0, 0.1) is 11.5 Å². The van der Waals surface area contributed by atoms with E-state index in [1.54, 1.807) is 4.90 Å². The van der Waals surface area contributed by atoms with Crippen LogP contribution in [-0.2, 0) is 0 Å². The summed E-state index contributed by atoms with van der Waals surface area (Å²) in [4.78, 5) is 1.77. The zero-order chi connectivity index (χ0) is 7.11. The molecule has 52 valence electrons. The molecule has 0 aromatic heterocycles. The molecule has 0 spiro atoms. The third-order valence-electron chi connectivity index (χ3n) is 1.30. The molecular formula is C7H14N2. The highest BCUT2D eigenvalue weighted by atomic mass is 15.1. The molecular weight excluding hydrogens is 112 g/mol. The summed E-state index contributed by atoms with van der Waals surface area (Å²) in [5, 5.41) is 8.43. The van der Waals surface area contributed by atoms with Gasteiger partial charge in [0.05, 0.1) is 0 Å². The second-order valence-electron chi connectivity index (χ2n) is 2.03. The third-order valence-corrected chi connectivity index (χ3v) is 1.30. The standard InChI is InChI=1S/C7H14N2/c1-3-5-6-9(4-2)7-8/h3-6H2,1-2H3. The summed E-state index contributed by atoms with van der Waals surface area (Å²) in [5.74, 6) is 0. The van der Waals surface area contributed by atoms with Crippen molar-refractivity contribution >= 4 is 0 Å². The van der Waals surface area contributed by atoms with Gasteiger partial charge in [-0.1, -0.05) is 13.3 Å². The first-order chi connectivity index (χ1) is 4.35. The molecule has 0 aliphatic heterocycles. The van der Waals surface area contributed by atoms with Crippen molar-refractivity contribution in [2.45, 2.75) is 26.7 Å². The number of hydrogen-bond donors (Lipinski definition) is 0. The Morgan fingerprint density at radius 2 is 2.11 bits per heavy atom. The smallest absolute Gasteiger partial charge is 0.179 e. The number of nitriles is 1. The lowest BCUT2D eigenvalue weighted by molar-refractivity contribution is 0.402. The van der Waals surface area contributed by atoms with Crippen LogP contribution in [-0.4, -0.2) is 18.0 Å². The Bertz CT molecular complexity index is 93.6. The summed E-state index contributed by atoms with van der Waals surface area (Å²) in [6.07, 6.45) is 4.41. The molecule has 0 aromatic carbocycles. The SMILES string of the molecule is CCCCN(C#N)CC. The highest BCUT2D eigenvalue weighted by Gasteiger charge is 1.93. The average Bonchev–Trinajstić information content (AvgIpc) is 1.91. The molecule has 0 saturated heterocycles. The molecule has 0 fully saturated rings. The summed E-state index contributed by atoms with van der Waals surface area (Å²) >= 11 is 0. The third kappa shape index (κ3) is 3.84. The van der Waals surface area contributed by atoms with Gasteiger partial charge in [0, 0.05) is 13.1 Å². The Morgan fingerprint density at radius 3 is 2.44 bits per heavy atom. The molecule has 0 aliphatic rings. The maximum atomic E-state index is 8.43. The molecule has 0 rings (SSSR count). The van der Waals surface area contributed by atoms with Crippen molar-refractivity contribution in [2.75, 3.05) is 13.1 Å². The fraction of sp³-hybridized carbons (Fsp3) is 0.857. The van der Waals surface area contributed by atoms with E-state index in [0.29, 0.717) is 0 Å². The Labute approximate surface area is 57.1 Å². The van der Waals surface area contributed by atoms with Crippen LogP contribution in [0.1, 0.15) is 26.7 Å². The van der Waals surface area contributed by atoms with Crippen molar-refractivity contribution in [3.63, 3.8) is 0 Å². The highest BCUT2D eigenvalue weighted by molar-refractivity contribution is 4.70. The van der Waals surface area contributed by atoms with Crippen molar-refractivity contribution in [1.82, 2.24) is 4.90 Å². The average molecular weight is 126 g/mol. The van der Waals surface area contributed by atoms with E-state index in [9.17, 15) is 0 Å². The topological polar surface area (TPSA) is 27.0 Å². The quantitative estimate of drug-likeness (QED) is 0.422. The van der Waals surface area contributed by atoms with Gasteiger partial charge in [-0.05, 0) is 13.3 Å². The molecule has 0 aliphatic carbocycles. The minimum atomic E-state index is 0.844. The van der Waals surface area contributed by atoms with Crippen LogP contribution in [0.3, 0.4) is 0 Å². The maximum Gasteiger partial charge on any atom is 0.179 e. The lowest BCUT2D eigenvalue weighted by Gasteiger charge is -2.10. The van der Waals surface area contributed by atoms with Crippen LogP contribution >= 0.6 is 0 Å². The van der Waals surface area contributed by atoms with E-state index < -0.39 is 0 Å². The van der Waals surface area contributed by atoms with Gasteiger partial charge in [0.1, 0.15) is 0 Å². The predicted octanol–water partition coefficient (Wildman–Crippen LogP) is 1.59. The normalized spacial score (nSPS) is 8.56. The van der Waals surface area contributed by atoms with Crippen LogP contribution in [0.4, 0.5) is 0 Å². The molecule has 0 amide bonds. The number of nitrogens with zero attached hydrogens (tertiary/aromatic N) is 2. The number of hydrogen-bond acceptors (Lipinski definition) is 2. The van der Waals surface area contributed by atoms with Crippen LogP contribution in [0.2, 0.25) is 0 Å². The van der Waals surface area contributed by atoms with E-state index in [2.05, 4.69) is 13.1 Å². The van der Waals surface area contributed by atoms with Crippen LogP contribution < -0.4 is 0 Å². The Morgan fingerprint density at radius 1 is 1.44 bits per heavy atom. The van der Waals surface area contributed by atoms with Gasteiger partial charge >= 0.3 is 0 Å². The van der Waals surface area contributed by atoms with E-state index in [1.807, 2.05) is 6.92 Å². The first-order valence-electron chi connectivity index (χ1n) is 3.49. The molecule has 0 unspecified atom stereocenters. The van der Waals surface area contributed by atoms with Gasteiger partial charge in [0.2, 0.25) is 0 Å². The largest absolute Gasteiger partial charge is 0.311 e. The molecule has 2 heteroatoms. The van der Waals surface area contributed by atoms with E-state index in [4.69, 9.17) is 5.26 Å². The minimum Gasteiger partial charge on any atom is -0.311 e. The van der Waals surface area contributed by atoms with Crippen molar-refractivity contribution in [2.24, 2.45) is 0 Å². The molecule has 0 N–H and O–H groups in total. The van der Waals surface area contributed by atoms with E-state index in [1.165, 1.54) is 0 Å². The first kappa shape index (κ1) is 8.29. The first-order valence-corrected chi connectivity index (χ1v) is 3.49. The zero-order valence-electron chi connectivity index (χ0n) is 6.22. The monoisotopic (exact) mass is 126 g/mol.